The Bertz CT molecular complexity index is 530. The Morgan fingerprint density at radius 3 is 2.64 bits per heavy atom. The summed E-state index contributed by atoms with van der Waals surface area (Å²) < 4.78 is 10.4. The molecule has 0 bridgehead atoms. The van der Waals surface area contributed by atoms with E-state index in [4.69, 9.17) is 15.2 Å². The van der Waals surface area contributed by atoms with Gasteiger partial charge in [0.25, 0.3) is 5.91 Å². The van der Waals surface area contributed by atoms with Crippen LogP contribution in [-0.4, -0.2) is 60.1 Å². The summed E-state index contributed by atoms with van der Waals surface area (Å²) in [6, 6.07) is -0.856. The molecule has 120 valence electrons. The Kier molecular flexibility index (Phi) is 5.26. The Hall–Kier alpha value is -2.22. The lowest BCUT2D eigenvalue weighted by Crippen LogP contribution is -2.48. The van der Waals surface area contributed by atoms with Crippen LogP contribution in [0.15, 0.2) is 12.4 Å². The molecule has 1 atom stereocenters. The largest absolute Gasteiger partial charge is 0.476 e. The van der Waals surface area contributed by atoms with Crippen LogP contribution in [0.4, 0.5) is 0 Å². The maximum Gasteiger partial charge on any atom is 0.274 e. The number of nitrogens with zero attached hydrogens (tertiary/aromatic N) is 3. The van der Waals surface area contributed by atoms with Crippen LogP contribution in [0.3, 0.4) is 0 Å². The maximum absolute atomic E-state index is 12.3. The second-order valence-corrected chi connectivity index (χ2v) is 5.28. The van der Waals surface area contributed by atoms with E-state index in [0.717, 1.165) is 0 Å². The van der Waals surface area contributed by atoms with Crippen LogP contribution in [0, 0.1) is 5.92 Å². The molecule has 2 N–H and O–H groups in total. The number of amides is 2. The second-order valence-electron chi connectivity index (χ2n) is 5.28. The predicted octanol–water partition coefficient (Wildman–Crippen LogP) is -0.162. The van der Waals surface area contributed by atoms with Crippen molar-refractivity contribution < 1.29 is 19.1 Å². The topological polar surface area (TPSA) is 108 Å². The molecule has 0 radical (unpaired) electrons. The van der Waals surface area contributed by atoms with E-state index in [1.165, 1.54) is 44.3 Å². The molecule has 0 aliphatic heterocycles. The van der Waals surface area contributed by atoms with E-state index in [1.807, 2.05) is 0 Å². The van der Waals surface area contributed by atoms with E-state index in [9.17, 15) is 9.59 Å². The maximum atomic E-state index is 12.3. The highest BCUT2D eigenvalue weighted by Gasteiger charge is 2.27. The zero-order valence-electron chi connectivity index (χ0n) is 12.7. The van der Waals surface area contributed by atoms with Gasteiger partial charge in [-0.05, 0) is 18.8 Å². The smallest absolute Gasteiger partial charge is 0.274 e. The number of hydrogen-bond acceptors (Lipinski definition) is 6. The monoisotopic (exact) mass is 308 g/mol. The first-order chi connectivity index (χ1) is 10.5. The number of primary amides is 1. The highest BCUT2D eigenvalue weighted by molar-refractivity contribution is 5.95. The van der Waals surface area contributed by atoms with Gasteiger partial charge in [0, 0.05) is 14.2 Å². The molecule has 1 aromatic heterocycles. The minimum absolute atomic E-state index is 0.0214. The molecule has 0 spiro atoms. The molecule has 0 unspecified atom stereocenters. The van der Waals surface area contributed by atoms with Crippen molar-refractivity contribution in [2.24, 2.45) is 11.7 Å². The van der Waals surface area contributed by atoms with Crippen LogP contribution >= 0.6 is 0 Å². The Balaban J connectivity index is 1.99. The summed E-state index contributed by atoms with van der Waals surface area (Å²) in [5.74, 6) is -0.105. The second kappa shape index (κ2) is 7.17. The van der Waals surface area contributed by atoms with Gasteiger partial charge >= 0.3 is 0 Å². The molecule has 1 fully saturated rings. The normalized spacial score (nSPS) is 15.2. The fourth-order valence-electron chi connectivity index (χ4n) is 1.85. The fraction of sp³-hybridized carbons (Fsp3) is 0.571. The minimum atomic E-state index is -0.856. The molecule has 1 saturated carbocycles. The first-order valence-electron chi connectivity index (χ1n) is 7.03. The van der Waals surface area contributed by atoms with Crippen LogP contribution in [-0.2, 0) is 9.53 Å². The molecule has 8 nitrogen and oxygen atoms in total. The Labute approximate surface area is 128 Å². The lowest BCUT2D eigenvalue weighted by atomic mass is 10.2. The van der Waals surface area contributed by atoms with Gasteiger partial charge in [0.05, 0.1) is 25.6 Å². The lowest BCUT2D eigenvalue weighted by molar-refractivity contribution is -0.123. The summed E-state index contributed by atoms with van der Waals surface area (Å²) >= 11 is 0. The molecular weight excluding hydrogens is 288 g/mol. The third kappa shape index (κ3) is 4.14. The Morgan fingerprint density at radius 1 is 1.41 bits per heavy atom. The third-order valence-corrected chi connectivity index (χ3v) is 3.45. The van der Waals surface area contributed by atoms with Crippen LogP contribution < -0.4 is 10.5 Å². The van der Waals surface area contributed by atoms with Crippen molar-refractivity contribution in [3.05, 3.63) is 18.1 Å². The summed E-state index contributed by atoms with van der Waals surface area (Å²) in [7, 11) is 2.90. The average Bonchev–Trinajstić information content (AvgIpc) is 3.33. The SMILES string of the molecule is COC[C@@H](C(N)=O)N(C)C(=O)c1cnc(OCC2CC2)cn1. The number of nitrogens with two attached hydrogens (primary N) is 1. The number of carbonyl (C=O) groups is 2. The molecule has 0 aromatic carbocycles. The van der Waals surface area contributed by atoms with Crippen LogP contribution in [0.1, 0.15) is 23.3 Å². The van der Waals surface area contributed by atoms with Gasteiger partial charge in [-0.2, -0.15) is 0 Å². The molecule has 22 heavy (non-hydrogen) atoms. The molecule has 2 amide bonds. The van der Waals surface area contributed by atoms with Gasteiger partial charge in [0.15, 0.2) is 0 Å². The van der Waals surface area contributed by atoms with Crippen molar-refractivity contribution >= 4 is 11.8 Å². The molecule has 0 saturated heterocycles. The van der Waals surface area contributed by atoms with Crippen LogP contribution in [0.5, 0.6) is 5.88 Å². The quantitative estimate of drug-likeness (QED) is 0.715. The van der Waals surface area contributed by atoms with E-state index < -0.39 is 17.9 Å². The third-order valence-electron chi connectivity index (χ3n) is 3.45. The van der Waals surface area contributed by atoms with E-state index >= 15 is 0 Å². The first-order valence-corrected chi connectivity index (χ1v) is 7.03. The Morgan fingerprint density at radius 2 is 2.14 bits per heavy atom. The highest BCUT2D eigenvalue weighted by Crippen LogP contribution is 2.29. The van der Waals surface area contributed by atoms with Gasteiger partial charge in [-0.1, -0.05) is 0 Å². The molecule has 1 aliphatic carbocycles. The summed E-state index contributed by atoms with van der Waals surface area (Å²) in [5, 5.41) is 0. The lowest BCUT2D eigenvalue weighted by Gasteiger charge is -2.24. The van der Waals surface area contributed by atoms with E-state index in [2.05, 4.69) is 9.97 Å². The van der Waals surface area contributed by atoms with Gasteiger partial charge in [-0.25, -0.2) is 9.97 Å². The van der Waals surface area contributed by atoms with E-state index in [1.54, 1.807) is 0 Å². The highest BCUT2D eigenvalue weighted by atomic mass is 16.5. The van der Waals surface area contributed by atoms with Crippen molar-refractivity contribution in [2.75, 3.05) is 27.4 Å². The summed E-state index contributed by atoms with van der Waals surface area (Å²) in [6.45, 7) is 0.646. The van der Waals surface area contributed by atoms with E-state index in [-0.39, 0.29) is 12.3 Å². The number of rotatable bonds is 8. The molecular formula is C14H20N4O4. The number of aromatic nitrogens is 2. The predicted molar refractivity (Wildman–Crippen MR) is 77.2 cm³/mol. The van der Waals surface area contributed by atoms with Crippen molar-refractivity contribution in [2.45, 2.75) is 18.9 Å². The number of ether oxygens (including phenoxy) is 2. The fourth-order valence-corrected chi connectivity index (χ4v) is 1.85. The standard InChI is InChI=1S/C14H20N4O4/c1-18(11(8-21-2)13(15)19)14(20)10-5-17-12(6-16-10)22-7-9-3-4-9/h5-6,9,11H,3-4,7-8H2,1-2H3,(H2,15,19)/t11-/m0/s1. The van der Waals surface area contributed by atoms with Crippen molar-refractivity contribution in [1.29, 1.82) is 0 Å². The van der Waals surface area contributed by atoms with Crippen LogP contribution in [0.2, 0.25) is 0 Å². The van der Waals surface area contributed by atoms with Gasteiger partial charge in [0.2, 0.25) is 11.8 Å². The molecule has 8 heteroatoms. The summed E-state index contributed by atoms with van der Waals surface area (Å²) in [4.78, 5) is 32.9. The number of likely N-dealkylation sites (N-methyl/N-ethyl adjacent to an activating group) is 1. The van der Waals surface area contributed by atoms with Crippen molar-refractivity contribution in [3.8, 4) is 5.88 Å². The molecule has 1 aromatic rings. The number of methoxy groups -OCH3 is 1. The van der Waals surface area contributed by atoms with Gasteiger partial charge < -0.3 is 20.1 Å². The van der Waals surface area contributed by atoms with Gasteiger partial charge in [0.1, 0.15) is 11.7 Å². The zero-order valence-corrected chi connectivity index (χ0v) is 12.7. The number of carbonyl (C=O) groups excluding carboxylic acids is 2. The number of hydrogen-bond donors (Lipinski definition) is 1. The molecule has 2 rings (SSSR count). The summed E-state index contributed by atoms with van der Waals surface area (Å²) in [6.07, 6.45) is 5.09. The van der Waals surface area contributed by atoms with E-state index in [0.29, 0.717) is 18.4 Å². The zero-order chi connectivity index (χ0) is 16.1. The molecule has 1 aliphatic rings. The minimum Gasteiger partial charge on any atom is -0.476 e. The average molecular weight is 308 g/mol. The first kappa shape index (κ1) is 16.2. The van der Waals surface area contributed by atoms with Crippen molar-refractivity contribution in [3.63, 3.8) is 0 Å². The van der Waals surface area contributed by atoms with Gasteiger partial charge in [-0.3, -0.25) is 9.59 Å². The van der Waals surface area contributed by atoms with Gasteiger partial charge in [-0.15, -0.1) is 0 Å². The molecule has 1 heterocycles. The van der Waals surface area contributed by atoms with Crippen molar-refractivity contribution in [1.82, 2.24) is 14.9 Å². The van der Waals surface area contributed by atoms with Crippen LogP contribution in [0.25, 0.3) is 0 Å². The summed E-state index contributed by atoms with van der Waals surface area (Å²) in [5.41, 5.74) is 5.38.